The molecule has 0 spiro atoms. The maximum atomic E-state index is 12.4. The standard InChI is InChI=1S/C15H24N2O3/c1-7-17(9-13(18)16-15(4,5)6)14(19)12-8-10(2)20-11(12)3/h8H,7,9H2,1-6H3,(H,16,18). The third kappa shape index (κ3) is 4.40. The van der Waals surface area contributed by atoms with Crippen molar-refractivity contribution in [3.63, 3.8) is 0 Å². The monoisotopic (exact) mass is 280 g/mol. The quantitative estimate of drug-likeness (QED) is 0.920. The maximum Gasteiger partial charge on any atom is 0.257 e. The van der Waals surface area contributed by atoms with Crippen molar-refractivity contribution < 1.29 is 14.0 Å². The fourth-order valence-corrected chi connectivity index (χ4v) is 1.97. The molecule has 0 aliphatic rings. The normalized spacial score (nSPS) is 11.3. The minimum atomic E-state index is -0.304. The van der Waals surface area contributed by atoms with Gasteiger partial charge < -0.3 is 14.6 Å². The van der Waals surface area contributed by atoms with E-state index in [2.05, 4.69) is 5.32 Å². The summed E-state index contributed by atoms with van der Waals surface area (Å²) >= 11 is 0. The molecule has 0 fully saturated rings. The van der Waals surface area contributed by atoms with Crippen LogP contribution in [0.15, 0.2) is 10.5 Å². The summed E-state index contributed by atoms with van der Waals surface area (Å²) in [4.78, 5) is 25.8. The second-order valence-electron chi connectivity index (χ2n) is 5.94. The Bertz CT molecular complexity index is 498. The molecule has 112 valence electrons. The Kier molecular flexibility index (Phi) is 4.98. The number of furan rings is 1. The molecule has 2 amide bonds. The lowest BCUT2D eigenvalue weighted by molar-refractivity contribution is -0.123. The number of likely N-dealkylation sites (N-methyl/N-ethyl adjacent to an activating group) is 1. The van der Waals surface area contributed by atoms with Gasteiger partial charge in [0.1, 0.15) is 11.5 Å². The van der Waals surface area contributed by atoms with Gasteiger partial charge in [0.05, 0.1) is 12.1 Å². The number of hydrogen-bond acceptors (Lipinski definition) is 3. The number of rotatable bonds is 4. The van der Waals surface area contributed by atoms with Crippen molar-refractivity contribution >= 4 is 11.8 Å². The van der Waals surface area contributed by atoms with Crippen LogP contribution in [-0.4, -0.2) is 35.3 Å². The van der Waals surface area contributed by atoms with Crippen molar-refractivity contribution in [1.29, 1.82) is 0 Å². The fraction of sp³-hybridized carbons (Fsp3) is 0.600. The van der Waals surface area contributed by atoms with Crippen LogP contribution in [0.5, 0.6) is 0 Å². The molecule has 0 saturated carbocycles. The first-order chi connectivity index (χ1) is 9.14. The first kappa shape index (κ1) is 16.3. The van der Waals surface area contributed by atoms with Crippen LogP contribution in [0.2, 0.25) is 0 Å². The number of carbonyl (C=O) groups is 2. The fourth-order valence-electron chi connectivity index (χ4n) is 1.97. The zero-order valence-corrected chi connectivity index (χ0v) is 13.2. The lowest BCUT2D eigenvalue weighted by atomic mass is 10.1. The molecule has 20 heavy (non-hydrogen) atoms. The number of hydrogen-bond donors (Lipinski definition) is 1. The van der Waals surface area contributed by atoms with Crippen molar-refractivity contribution in [3.8, 4) is 0 Å². The molecule has 5 heteroatoms. The molecule has 0 atom stereocenters. The summed E-state index contributed by atoms with van der Waals surface area (Å²) in [5.41, 5.74) is 0.217. The molecular formula is C15H24N2O3. The van der Waals surface area contributed by atoms with Crippen LogP contribution in [0, 0.1) is 13.8 Å². The summed E-state index contributed by atoms with van der Waals surface area (Å²) < 4.78 is 5.37. The van der Waals surface area contributed by atoms with Crippen LogP contribution < -0.4 is 5.32 Å². The predicted octanol–water partition coefficient (Wildman–Crippen LogP) is 2.27. The first-order valence-corrected chi connectivity index (χ1v) is 6.81. The smallest absolute Gasteiger partial charge is 0.257 e. The molecule has 0 bridgehead atoms. The highest BCUT2D eigenvalue weighted by molar-refractivity contribution is 5.97. The van der Waals surface area contributed by atoms with Crippen LogP contribution >= 0.6 is 0 Å². The van der Waals surface area contributed by atoms with E-state index in [1.807, 2.05) is 27.7 Å². The first-order valence-electron chi connectivity index (χ1n) is 6.81. The Morgan fingerprint density at radius 1 is 1.30 bits per heavy atom. The van der Waals surface area contributed by atoms with E-state index in [1.54, 1.807) is 19.9 Å². The predicted molar refractivity (Wildman–Crippen MR) is 77.7 cm³/mol. The van der Waals surface area contributed by atoms with Crippen molar-refractivity contribution in [2.45, 2.75) is 47.1 Å². The molecule has 1 aromatic heterocycles. The van der Waals surface area contributed by atoms with Gasteiger partial charge in [0.15, 0.2) is 0 Å². The lowest BCUT2D eigenvalue weighted by Crippen LogP contribution is -2.47. The molecule has 0 saturated heterocycles. The highest BCUT2D eigenvalue weighted by Crippen LogP contribution is 2.16. The summed E-state index contributed by atoms with van der Waals surface area (Å²) in [6.45, 7) is 11.7. The third-order valence-electron chi connectivity index (χ3n) is 2.79. The zero-order chi connectivity index (χ0) is 15.5. The highest BCUT2D eigenvalue weighted by Gasteiger charge is 2.23. The molecular weight excluding hydrogens is 256 g/mol. The van der Waals surface area contributed by atoms with Gasteiger partial charge in [-0.25, -0.2) is 0 Å². The van der Waals surface area contributed by atoms with E-state index < -0.39 is 0 Å². The molecule has 5 nitrogen and oxygen atoms in total. The summed E-state index contributed by atoms with van der Waals surface area (Å²) in [6, 6.07) is 1.71. The van der Waals surface area contributed by atoms with Crippen molar-refractivity contribution in [2.24, 2.45) is 0 Å². The van der Waals surface area contributed by atoms with Crippen LogP contribution in [0.4, 0.5) is 0 Å². The van der Waals surface area contributed by atoms with Crippen LogP contribution in [0.1, 0.15) is 49.6 Å². The Morgan fingerprint density at radius 2 is 1.90 bits per heavy atom. The summed E-state index contributed by atoms with van der Waals surface area (Å²) in [7, 11) is 0. The van der Waals surface area contributed by atoms with E-state index in [9.17, 15) is 9.59 Å². The van der Waals surface area contributed by atoms with Gasteiger partial charge >= 0.3 is 0 Å². The molecule has 0 aliphatic carbocycles. The van der Waals surface area contributed by atoms with E-state index in [1.165, 1.54) is 4.90 Å². The Balaban J connectivity index is 2.78. The van der Waals surface area contributed by atoms with Crippen molar-refractivity contribution in [1.82, 2.24) is 10.2 Å². The average Bonchev–Trinajstić information content (AvgIpc) is 2.62. The second-order valence-corrected chi connectivity index (χ2v) is 5.94. The molecule has 1 aromatic rings. The molecule has 1 N–H and O–H groups in total. The Morgan fingerprint density at radius 3 is 2.30 bits per heavy atom. The van der Waals surface area contributed by atoms with Crippen LogP contribution in [0.3, 0.4) is 0 Å². The molecule has 0 radical (unpaired) electrons. The molecule has 1 rings (SSSR count). The Labute approximate surface area is 120 Å². The molecule has 0 unspecified atom stereocenters. The SMILES string of the molecule is CCN(CC(=O)NC(C)(C)C)C(=O)c1cc(C)oc1C. The van der Waals surface area contributed by atoms with E-state index in [0.29, 0.717) is 23.6 Å². The number of carbonyl (C=O) groups excluding carboxylic acids is 2. The Hall–Kier alpha value is -1.78. The lowest BCUT2D eigenvalue weighted by Gasteiger charge is -2.24. The van der Waals surface area contributed by atoms with Crippen LogP contribution in [-0.2, 0) is 4.79 Å². The summed E-state index contributed by atoms with van der Waals surface area (Å²) in [6.07, 6.45) is 0. The average molecular weight is 280 g/mol. The number of amides is 2. The van der Waals surface area contributed by atoms with Gasteiger partial charge in [0.2, 0.25) is 5.91 Å². The minimum Gasteiger partial charge on any atom is -0.466 e. The highest BCUT2D eigenvalue weighted by atomic mass is 16.3. The molecule has 0 aliphatic heterocycles. The number of nitrogens with zero attached hydrogens (tertiary/aromatic N) is 1. The topological polar surface area (TPSA) is 62.6 Å². The largest absolute Gasteiger partial charge is 0.466 e. The van der Waals surface area contributed by atoms with Gasteiger partial charge in [-0.3, -0.25) is 9.59 Å². The maximum absolute atomic E-state index is 12.4. The van der Waals surface area contributed by atoms with Gasteiger partial charge in [0, 0.05) is 12.1 Å². The summed E-state index contributed by atoms with van der Waals surface area (Å²) in [5, 5.41) is 2.85. The van der Waals surface area contributed by atoms with Gasteiger partial charge in [-0.05, 0) is 47.6 Å². The van der Waals surface area contributed by atoms with Gasteiger partial charge in [-0.2, -0.15) is 0 Å². The van der Waals surface area contributed by atoms with Gasteiger partial charge in [-0.15, -0.1) is 0 Å². The van der Waals surface area contributed by atoms with Crippen LogP contribution in [0.25, 0.3) is 0 Å². The van der Waals surface area contributed by atoms with E-state index >= 15 is 0 Å². The van der Waals surface area contributed by atoms with Crippen molar-refractivity contribution in [3.05, 3.63) is 23.2 Å². The van der Waals surface area contributed by atoms with Gasteiger partial charge in [0.25, 0.3) is 5.91 Å². The third-order valence-corrected chi connectivity index (χ3v) is 2.79. The number of nitrogens with one attached hydrogen (secondary N) is 1. The second kappa shape index (κ2) is 6.11. The van der Waals surface area contributed by atoms with Gasteiger partial charge in [-0.1, -0.05) is 0 Å². The molecule has 0 aromatic carbocycles. The van der Waals surface area contributed by atoms with Crippen molar-refractivity contribution in [2.75, 3.05) is 13.1 Å². The number of aryl methyl sites for hydroxylation is 2. The summed E-state index contributed by atoms with van der Waals surface area (Å²) in [5.74, 6) is 0.944. The minimum absolute atomic E-state index is 0.0519. The van der Waals surface area contributed by atoms with E-state index in [-0.39, 0.29) is 23.9 Å². The van der Waals surface area contributed by atoms with E-state index in [0.717, 1.165) is 0 Å². The molecule has 1 heterocycles. The van der Waals surface area contributed by atoms with E-state index in [4.69, 9.17) is 4.42 Å². The zero-order valence-electron chi connectivity index (χ0n) is 13.2.